The van der Waals surface area contributed by atoms with Crippen molar-refractivity contribution in [2.45, 2.75) is 33.9 Å². The van der Waals surface area contributed by atoms with E-state index in [0.29, 0.717) is 13.1 Å². The standard InChI is InChI=1S/C14H19BrN4S2/c1-4-16-14(17-7-11-5-6-12(15)21-11)18-8-13-19-9(2)10(3)20-13/h5-6H,4,7-8H2,1-3H3,(H2,16,17,18). The van der Waals surface area contributed by atoms with Gasteiger partial charge in [0, 0.05) is 16.3 Å². The molecule has 0 aliphatic heterocycles. The van der Waals surface area contributed by atoms with Crippen molar-refractivity contribution in [2.24, 2.45) is 4.99 Å². The topological polar surface area (TPSA) is 49.3 Å². The van der Waals surface area contributed by atoms with Crippen LogP contribution in [0.25, 0.3) is 0 Å². The molecule has 0 amide bonds. The summed E-state index contributed by atoms with van der Waals surface area (Å²) in [5, 5.41) is 7.69. The number of hydrogen-bond acceptors (Lipinski definition) is 4. The second kappa shape index (κ2) is 7.91. The summed E-state index contributed by atoms with van der Waals surface area (Å²) in [5.74, 6) is 0.826. The van der Waals surface area contributed by atoms with E-state index in [-0.39, 0.29) is 0 Å². The van der Waals surface area contributed by atoms with Crippen molar-refractivity contribution < 1.29 is 0 Å². The lowest BCUT2D eigenvalue weighted by Gasteiger charge is -2.09. The summed E-state index contributed by atoms with van der Waals surface area (Å²) < 4.78 is 1.14. The van der Waals surface area contributed by atoms with E-state index in [4.69, 9.17) is 0 Å². The number of thiazole rings is 1. The minimum Gasteiger partial charge on any atom is -0.357 e. The van der Waals surface area contributed by atoms with E-state index in [1.165, 1.54) is 9.75 Å². The molecule has 2 rings (SSSR count). The zero-order valence-electron chi connectivity index (χ0n) is 12.4. The molecular weight excluding hydrogens is 368 g/mol. The molecule has 114 valence electrons. The van der Waals surface area contributed by atoms with E-state index >= 15 is 0 Å². The Labute approximate surface area is 141 Å². The highest BCUT2D eigenvalue weighted by Crippen LogP contribution is 2.22. The van der Waals surface area contributed by atoms with Gasteiger partial charge >= 0.3 is 0 Å². The first-order valence-electron chi connectivity index (χ1n) is 6.77. The Hall–Kier alpha value is -0.920. The molecular formula is C14H19BrN4S2. The lowest BCUT2D eigenvalue weighted by molar-refractivity contribution is 0.811. The molecule has 0 saturated carbocycles. The van der Waals surface area contributed by atoms with Crippen molar-refractivity contribution in [2.75, 3.05) is 6.54 Å². The van der Waals surface area contributed by atoms with Crippen molar-refractivity contribution in [1.82, 2.24) is 15.6 Å². The van der Waals surface area contributed by atoms with E-state index < -0.39 is 0 Å². The van der Waals surface area contributed by atoms with Gasteiger partial charge in [0.2, 0.25) is 0 Å². The van der Waals surface area contributed by atoms with Gasteiger partial charge in [-0.05, 0) is 48.8 Å². The average Bonchev–Trinajstić information content (AvgIpc) is 3.00. The van der Waals surface area contributed by atoms with Crippen LogP contribution in [0.4, 0.5) is 0 Å². The third-order valence-electron chi connectivity index (χ3n) is 2.85. The molecule has 2 aromatic heterocycles. The predicted octanol–water partition coefficient (Wildman–Crippen LogP) is 3.84. The summed E-state index contributed by atoms with van der Waals surface area (Å²) >= 11 is 6.92. The van der Waals surface area contributed by atoms with Gasteiger partial charge in [0.25, 0.3) is 0 Å². The first-order chi connectivity index (χ1) is 10.1. The molecule has 0 unspecified atom stereocenters. The number of thiophene rings is 1. The van der Waals surface area contributed by atoms with Gasteiger partial charge < -0.3 is 10.6 Å². The number of rotatable bonds is 5. The van der Waals surface area contributed by atoms with Gasteiger partial charge in [0.05, 0.1) is 22.6 Å². The fourth-order valence-electron chi connectivity index (χ4n) is 1.71. The number of aromatic nitrogens is 1. The van der Waals surface area contributed by atoms with E-state index in [1.807, 2.05) is 6.92 Å². The Kier molecular flexibility index (Phi) is 6.20. The SMILES string of the molecule is CCNC(=NCc1ccc(Br)s1)NCc1nc(C)c(C)s1. The molecule has 0 bridgehead atoms. The van der Waals surface area contributed by atoms with Gasteiger partial charge in [-0.2, -0.15) is 0 Å². The molecule has 4 nitrogen and oxygen atoms in total. The van der Waals surface area contributed by atoms with E-state index in [2.05, 4.69) is 62.5 Å². The monoisotopic (exact) mass is 386 g/mol. The molecule has 2 N–H and O–H groups in total. The zero-order valence-corrected chi connectivity index (χ0v) is 15.6. The third kappa shape index (κ3) is 5.09. The molecule has 2 heterocycles. The van der Waals surface area contributed by atoms with Gasteiger partial charge in [-0.15, -0.1) is 22.7 Å². The molecule has 2 aromatic rings. The fourth-order valence-corrected chi connectivity index (χ4v) is 3.99. The van der Waals surface area contributed by atoms with Crippen LogP contribution < -0.4 is 10.6 Å². The lowest BCUT2D eigenvalue weighted by atomic mass is 10.4. The van der Waals surface area contributed by atoms with Crippen molar-refractivity contribution in [3.63, 3.8) is 0 Å². The molecule has 21 heavy (non-hydrogen) atoms. The van der Waals surface area contributed by atoms with Crippen LogP contribution in [0, 0.1) is 13.8 Å². The second-order valence-electron chi connectivity index (χ2n) is 4.50. The number of halogens is 1. The Morgan fingerprint density at radius 3 is 2.67 bits per heavy atom. The molecule has 0 aromatic carbocycles. The van der Waals surface area contributed by atoms with Crippen LogP contribution >= 0.6 is 38.6 Å². The van der Waals surface area contributed by atoms with Gasteiger partial charge in [-0.1, -0.05) is 0 Å². The van der Waals surface area contributed by atoms with Crippen molar-refractivity contribution in [3.05, 3.63) is 36.4 Å². The lowest BCUT2D eigenvalue weighted by Crippen LogP contribution is -2.36. The molecule has 7 heteroatoms. The smallest absolute Gasteiger partial charge is 0.191 e. The van der Waals surface area contributed by atoms with Crippen molar-refractivity contribution >= 4 is 44.6 Å². The van der Waals surface area contributed by atoms with Crippen molar-refractivity contribution in [1.29, 1.82) is 0 Å². The largest absolute Gasteiger partial charge is 0.357 e. The first kappa shape index (κ1) is 16.5. The number of aryl methyl sites for hydroxylation is 2. The molecule has 0 spiro atoms. The Morgan fingerprint density at radius 2 is 2.10 bits per heavy atom. The summed E-state index contributed by atoms with van der Waals surface area (Å²) in [6.45, 7) is 8.45. The zero-order chi connectivity index (χ0) is 15.2. The van der Waals surface area contributed by atoms with Crippen LogP contribution in [0.2, 0.25) is 0 Å². The van der Waals surface area contributed by atoms with Gasteiger partial charge in [0.1, 0.15) is 5.01 Å². The van der Waals surface area contributed by atoms with Crippen LogP contribution in [0.15, 0.2) is 20.9 Å². The Bertz CT molecular complexity index is 599. The second-order valence-corrected chi connectivity index (χ2v) is 8.34. The molecule has 0 aliphatic carbocycles. The van der Waals surface area contributed by atoms with E-state index in [1.54, 1.807) is 22.7 Å². The predicted molar refractivity (Wildman–Crippen MR) is 95.3 cm³/mol. The fraction of sp³-hybridized carbons (Fsp3) is 0.429. The highest BCUT2D eigenvalue weighted by atomic mass is 79.9. The summed E-state index contributed by atoms with van der Waals surface area (Å²) in [4.78, 5) is 11.6. The number of guanidine groups is 1. The van der Waals surface area contributed by atoms with Crippen LogP contribution in [0.3, 0.4) is 0 Å². The number of nitrogens with one attached hydrogen (secondary N) is 2. The van der Waals surface area contributed by atoms with Crippen molar-refractivity contribution in [3.8, 4) is 0 Å². The van der Waals surface area contributed by atoms with Gasteiger partial charge in [-0.25, -0.2) is 9.98 Å². The first-order valence-corrected chi connectivity index (χ1v) is 9.20. The number of aliphatic imine (C=N–C) groups is 1. The highest BCUT2D eigenvalue weighted by Gasteiger charge is 2.05. The minimum absolute atomic E-state index is 0.682. The summed E-state index contributed by atoms with van der Waals surface area (Å²) in [5.41, 5.74) is 1.11. The maximum Gasteiger partial charge on any atom is 0.191 e. The Morgan fingerprint density at radius 1 is 1.29 bits per heavy atom. The average molecular weight is 387 g/mol. The molecule has 0 fully saturated rings. The summed E-state index contributed by atoms with van der Waals surface area (Å²) in [7, 11) is 0. The molecule has 0 radical (unpaired) electrons. The van der Waals surface area contributed by atoms with Crippen LogP contribution in [0.5, 0.6) is 0 Å². The van der Waals surface area contributed by atoms with E-state index in [0.717, 1.165) is 27.0 Å². The third-order valence-corrected chi connectivity index (χ3v) is 5.53. The van der Waals surface area contributed by atoms with E-state index in [9.17, 15) is 0 Å². The maximum atomic E-state index is 4.60. The quantitative estimate of drug-likeness (QED) is 0.606. The highest BCUT2D eigenvalue weighted by molar-refractivity contribution is 9.11. The number of hydrogen-bond donors (Lipinski definition) is 2. The van der Waals surface area contributed by atoms with Crippen LogP contribution in [-0.4, -0.2) is 17.5 Å². The van der Waals surface area contributed by atoms with Crippen LogP contribution in [0.1, 0.15) is 27.4 Å². The molecule has 0 atom stereocenters. The summed E-state index contributed by atoms with van der Waals surface area (Å²) in [6, 6.07) is 4.15. The van der Waals surface area contributed by atoms with Gasteiger partial charge in [-0.3, -0.25) is 0 Å². The minimum atomic E-state index is 0.682. The maximum absolute atomic E-state index is 4.60. The van der Waals surface area contributed by atoms with Gasteiger partial charge in [0.15, 0.2) is 5.96 Å². The summed E-state index contributed by atoms with van der Waals surface area (Å²) in [6.07, 6.45) is 0. The Balaban J connectivity index is 1.94. The normalized spacial score (nSPS) is 11.7. The number of nitrogens with zero attached hydrogens (tertiary/aromatic N) is 2. The van der Waals surface area contributed by atoms with Crippen LogP contribution in [-0.2, 0) is 13.1 Å². The molecule has 0 saturated heterocycles. The molecule has 0 aliphatic rings.